The molecule has 4 rings (SSSR count). The second kappa shape index (κ2) is 10.4. The van der Waals surface area contributed by atoms with Crippen LogP contribution in [-0.2, 0) is 24.4 Å². The molecule has 0 aliphatic carbocycles. The number of ketones is 1. The van der Waals surface area contributed by atoms with Gasteiger partial charge in [-0.1, -0.05) is 12.1 Å². The lowest BCUT2D eigenvalue weighted by atomic mass is 9.94. The van der Waals surface area contributed by atoms with E-state index in [0.29, 0.717) is 5.75 Å². The predicted molar refractivity (Wildman–Crippen MR) is 138 cm³/mol. The van der Waals surface area contributed by atoms with Crippen LogP contribution in [0.5, 0.6) is 5.75 Å². The number of nitrogens with one attached hydrogen (secondary N) is 1. The van der Waals surface area contributed by atoms with Crippen LogP contribution in [0.3, 0.4) is 0 Å². The number of aliphatic hydroxyl groups is 1. The third-order valence-electron chi connectivity index (χ3n) is 5.94. The van der Waals surface area contributed by atoms with Gasteiger partial charge in [-0.3, -0.25) is 29.4 Å². The minimum Gasteiger partial charge on any atom is -0.507 e. The average molecular weight is 552 g/mol. The van der Waals surface area contributed by atoms with E-state index in [0.717, 1.165) is 24.0 Å². The number of Topliss-reactive ketones (excluding diaryl/α,β-unsaturated/α-hetero) is 1. The summed E-state index contributed by atoms with van der Waals surface area (Å²) in [5.41, 5.74) is -0.661. The number of nitrogens with zero attached hydrogens (tertiary/aromatic N) is 2. The second-order valence-electron chi connectivity index (χ2n) is 8.37. The van der Waals surface area contributed by atoms with E-state index >= 15 is 0 Å². The molecule has 39 heavy (non-hydrogen) atoms. The summed E-state index contributed by atoms with van der Waals surface area (Å²) in [5.74, 6) is -3.09. The van der Waals surface area contributed by atoms with Gasteiger partial charge in [0.2, 0.25) is 5.91 Å². The molecule has 1 fully saturated rings. The van der Waals surface area contributed by atoms with Crippen LogP contribution in [0.4, 0.5) is 11.4 Å². The lowest BCUT2D eigenvalue weighted by Crippen LogP contribution is -2.30. The molecule has 0 aromatic heterocycles. The van der Waals surface area contributed by atoms with Crippen LogP contribution >= 0.6 is 0 Å². The number of anilines is 1. The van der Waals surface area contributed by atoms with E-state index in [9.17, 15) is 38.0 Å². The molecule has 1 atom stereocenters. The molecule has 0 radical (unpaired) electrons. The van der Waals surface area contributed by atoms with Gasteiger partial charge in [0.15, 0.2) is 0 Å². The molecule has 1 aliphatic heterocycles. The lowest BCUT2D eigenvalue weighted by molar-refractivity contribution is -0.385. The summed E-state index contributed by atoms with van der Waals surface area (Å²) in [6.07, 6.45) is 0. The van der Waals surface area contributed by atoms with Gasteiger partial charge in [-0.2, -0.15) is 0 Å². The number of carbonyl (C=O) groups is 3. The molecule has 2 amide bonds. The molecule has 2 N–H and O–H groups in total. The molecule has 0 saturated carbocycles. The molecule has 1 unspecified atom stereocenters. The van der Waals surface area contributed by atoms with Crippen LogP contribution in [0.2, 0.25) is 0 Å². The molecule has 1 heterocycles. The van der Waals surface area contributed by atoms with Crippen LogP contribution in [0, 0.1) is 10.1 Å². The SMILES string of the molecule is COc1ccc(/C(O)=C2\C(=O)C(=O)N(c3ccc(S(=O)(=O)NC(C)=O)cc3)C2c2ccccc2[N+](=O)[O-])cc1. The van der Waals surface area contributed by atoms with Crippen molar-refractivity contribution >= 4 is 44.8 Å². The zero-order valence-corrected chi connectivity index (χ0v) is 21.3. The molecule has 3 aromatic carbocycles. The zero-order valence-electron chi connectivity index (χ0n) is 20.5. The number of nitro benzene ring substituents is 1. The first-order valence-corrected chi connectivity index (χ1v) is 12.8. The van der Waals surface area contributed by atoms with Crippen molar-refractivity contribution in [3.8, 4) is 5.75 Å². The Balaban J connectivity index is 1.92. The van der Waals surface area contributed by atoms with Crippen molar-refractivity contribution in [1.82, 2.24) is 4.72 Å². The summed E-state index contributed by atoms with van der Waals surface area (Å²) in [4.78, 5) is 49.7. The van der Waals surface area contributed by atoms with Crippen LogP contribution < -0.4 is 14.4 Å². The number of para-hydroxylation sites is 1. The fraction of sp³-hybridized carbons (Fsp3) is 0.115. The Morgan fingerprint density at radius 1 is 1.03 bits per heavy atom. The fourth-order valence-corrected chi connectivity index (χ4v) is 5.21. The van der Waals surface area contributed by atoms with Gasteiger partial charge in [0, 0.05) is 24.2 Å². The third-order valence-corrected chi connectivity index (χ3v) is 7.39. The Morgan fingerprint density at radius 3 is 2.21 bits per heavy atom. The van der Waals surface area contributed by atoms with E-state index in [1.54, 1.807) is 0 Å². The van der Waals surface area contributed by atoms with Gasteiger partial charge in [0.1, 0.15) is 17.6 Å². The highest BCUT2D eigenvalue weighted by molar-refractivity contribution is 7.90. The maximum Gasteiger partial charge on any atom is 0.300 e. The Bertz CT molecular complexity index is 1630. The van der Waals surface area contributed by atoms with Crippen LogP contribution in [0.15, 0.2) is 83.3 Å². The van der Waals surface area contributed by atoms with Gasteiger partial charge >= 0.3 is 0 Å². The fourth-order valence-electron chi connectivity index (χ4n) is 4.22. The Kier molecular flexibility index (Phi) is 7.19. The molecule has 13 heteroatoms. The highest BCUT2D eigenvalue weighted by atomic mass is 32.2. The molecule has 3 aromatic rings. The molecule has 200 valence electrons. The number of nitro groups is 1. The number of carbonyl (C=O) groups excluding carboxylic acids is 3. The van der Waals surface area contributed by atoms with Gasteiger partial charge in [-0.15, -0.1) is 0 Å². The minimum atomic E-state index is -4.19. The van der Waals surface area contributed by atoms with E-state index in [4.69, 9.17) is 4.74 Å². The van der Waals surface area contributed by atoms with Crippen molar-refractivity contribution in [3.63, 3.8) is 0 Å². The van der Waals surface area contributed by atoms with Crippen molar-refractivity contribution in [2.75, 3.05) is 12.0 Å². The number of hydrogen-bond donors (Lipinski definition) is 2. The maximum absolute atomic E-state index is 13.3. The quantitative estimate of drug-likeness (QED) is 0.147. The van der Waals surface area contributed by atoms with Crippen molar-refractivity contribution in [2.24, 2.45) is 0 Å². The number of amides is 2. The van der Waals surface area contributed by atoms with Gasteiger partial charge < -0.3 is 9.84 Å². The summed E-state index contributed by atoms with van der Waals surface area (Å²) in [6, 6.07) is 14.7. The smallest absolute Gasteiger partial charge is 0.300 e. The van der Waals surface area contributed by atoms with E-state index in [2.05, 4.69) is 0 Å². The largest absolute Gasteiger partial charge is 0.507 e. The number of ether oxygens (including phenoxy) is 1. The number of rotatable bonds is 7. The number of methoxy groups -OCH3 is 1. The van der Waals surface area contributed by atoms with Crippen molar-refractivity contribution in [1.29, 1.82) is 0 Å². The lowest BCUT2D eigenvalue weighted by Gasteiger charge is -2.25. The summed E-state index contributed by atoms with van der Waals surface area (Å²) in [5, 5.41) is 23.1. The first-order valence-electron chi connectivity index (χ1n) is 11.3. The van der Waals surface area contributed by atoms with E-state index in [1.807, 2.05) is 4.72 Å². The average Bonchev–Trinajstić information content (AvgIpc) is 3.17. The van der Waals surface area contributed by atoms with Crippen molar-refractivity contribution < 1.29 is 37.6 Å². The van der Waals surface area contributed by atoms with Crippen molar-refractivity contribution in [2.45, 2.75) is 17.9 Å². The first kappa shape index (κ1) is 27.0. The normalized spacial score (nSPS) is 16.7. The molecule has 1 aliphatic rings. The number of sulfonamides is 1. The summed E-state index contributed by atoms with van der Waals surface area (Å²) >= 11 is 0. The first-order chi connectivity index (χ1) is 18.5. The van der Waals surface area contributed by atoms with Gasteiger partial charge in [-0.25, -0.2) is 13.1 Å². The topological polar surface area (TPSA) is 173 Å². The predicted octanol–water partition coefficient (Wildman–Crippen LogP) is 3.05. The van der Waals surface area contributed by atoms with Crippen LogP contribution in [0.1, 0.15) is 24.1 Å². The Morgan fingerprint density at radius 2 is 1.64 bits per heavy atom. The summed E-state index contributed by atoms with van der Waals surface area (Å²) in [6.45, 7) is 1.03. The van der Waals surface area contributed by atoms with Gasteiger partial charge in [0.25, 0.3) is 27.4 Å². The molecular weight excluding hydrogens is 530 g/mol. The summed E-state index contributed by atoms with van der Waals surface area (Å²) < 4.78 is 31.6. The molecule has 12 nitrogen and oxygen atoms in total. The van der Waals surface area contributed by atoms with E-state index < -0.39 is 55.6 Å². The number of hydrogen-bond acceptors (Lipinski definition) is 9. The van der Waals surface area contributed by atoms with E-state index in [1.165, 1.54) is 67.8 Å². The molecule has 0 spiro atoms. The Labute approximate surface area is 222 Å². The van der Waals surface area contributed by atoms with E-state index in [-0.39, 0.29) is 21.7 Å². The molecular formula is C26H21N3O9S. The Hall–Kier alpha value is -5.04. The number of aliphatic hydroxyl groups excluding tert-OH is 1. The standard InChI is InChI=1S/C26H21N3O9S/c1-15(30)27-39(36,37)19-13-9-17(10-14-19)28-23(20-5-3-4-6-21(20)29(34)35)22(25(32)26(28)33)24(31)16-7-11-18(38-2)12-8-16/h3-14,23,31H,1-2H3,(H,27,30)/b24-22+. The minimum absolute atomic E-state index is 0.0239. The highest BCUT2D eigenvalue weighted by Crippen LogP contribution is 2.45. The monoisotopic (exact) mass is 551 g/mol. The highest BCUT2D eigenvalue weighted by Gasteiger charge is 2.49. The van der Waals surface area contributed by atoms with Crippen LogP contribution in [0.25, 0.3) is 5.76 Å². The van der Waals surface area contributed by atoms with Crippen molar-refractivity contribution in [3.05, 3.63) is 99.6 Å². The zero-order chi connectivity index (χ0) is 28.5. The number of benzene rings is 3. The molecule has 0 bridgehead atoms. The maximum atomic E-state index is 13.3. The molecule has 1 saturated heterocycles. The van der Waals surface area contributed by atoms with Gasteiger partial charge in [-0.05, 0) is 54.6 Å². The van der Waals surface area contributed by atoms with Crippen LogP contribution in [-0.4, -0.2) is 43.2 Å². The van der Waals surface area contributed by atoms with Gasteiger partial charge in [0.05, 0.1) is 28.1 Å². The summed E-state index contributed by atoms with van der Waals surface area (Å²) in [7, 11) is -2.75. The third kappa shape index (κ3) is 5.07. The second-order valence-corrected chi connectivity index (χ2v) is 10.1.